The van der Waals surface area contributed by atoms with Crippen molar-refractivity contribution >= 4 is 34.8 Å². The molecule has 3 N–H and O–H groups in total. The van der Waals surface area contributed by atoms with Gasteiger partial charge in [-0.2, -0.15) is 15.0 Å². The molecule has 0 radical (unpaired) electrons. The highest BCUT2D eigenvalue weighted by Crippen LogP contribution is 2.17. The zero-order chi connectivity index (χ0) is 17.9. The second-order valence-electron chi connectivity index (χ2n) is 5.27. The van der Waals surface area contributed by atoms with E-state index >= 15 is 0 Å². The first-order valence-electron chi connectivity index (χ1n) is 7.63. The number of nitrogens with two attached hydrogens (primary N) is 1. The first-order valence-corrected chi connectivity index (χ1v) is 8.01. The van der Waals surface area contributed by atoms with Gasteiger partial charge in [0.15, 0.2) is 18.1 Å². The fourth-order valence-corrected chi connectivity index (χ4v) is 2.39. The van der Waals surface area contributed by atoms with Gasteiger partial charge < -0.3 is 15.8 Å². The Morgan fingerprint density at radius 2 is 1.88 bits per heavy atom. The zero-order valence-corrected chi connectivity index (χ0v) is 14.1. The van der Waals surface area contributed by atoms with E-state index in [0.29, 0.717) is 28.5 Å². The molecule has 130 valence electrons. The molecule has 3 aromatic heterocycles. The molecule has 0 saturated carbocycles. The molecular weight excluding hydrogens is 356 g/mol. The maximum Gasteiger partial charge on any atom is 0.321 e. The molecule has 26 heavy (non-hydrogen) atoms. The van der Waals surface area contributed by atoms with Gasteiger partial charge in [0.05, 0.1) is 0 Å². The fourth-order valence-electron chi connectivity index (χ4n) is 2.27. The summed E-state index contributed by atoms with van der Waals surface area (Å²) in [7, 11) is 0. The van der Waals surface area contributed by atoms with E-state index in [2.05, 4.69) is 30.5 Å². The van der Waals surface area contributed by atoms with E-state index in [1.54, 1.807) is 34.9 Å². The number of fused-ring (bicyclic) bond motifs is 1. The number of anilines is 3. The number of hydrogen-bond donors (Lipinski definition) is 2. The second kappa shape index (κ2) is 6.81. The SMILES string of the molecule is Nc1nc(COc2nnc3ccccn23)nc(Nc2ccc(Cl)cc2)n1. The smallest absolute Gasteiger partial charge is 0.321 e. The molecule has 9 nitrogen and oxygen atoms in total. The van der Waals surface area contributed by atoms with E-state index in [1.165, 1.54) is 0 Å². The number of ether oxygens (including phenoxy) is 1. The molecule has 4 rings (SSSR count). The molecule has 1 aromatic carbocycles. The quantitative estimate of drug-likeness (QED) is 0.551. The molecular formula is C16H13ClN8O. The van der Waals surface area contributed by atoms with Crippen LogP contribution in [0, 0.1) is 0 Å². The van der Waals surface area contributed by atoms with Crippen molar-refractivity contribution in [1.82, 2.24) is 29.5 Å². The lowest BCUT2D eigenvalue weighted by atomic mass is 10.3. The van der Waals surface area contributed by atoms with Crippen LogP contribution in [0.2, 0.25) is 5.02 Å². The molecule has 0 atom stereocenters. The van der Waals surface area contributed by atoms with Crippen LogP contribution in [-0.4, -0.2) is 29.5 Å². The Labute approximate surface area is 152 Å². The van der Waals surface area contributed by atoms with Gasteiger partial charge in [0.1, 0.15) is 0 Å². The van der Waals surface area contributed by atoms with Gasteiger partial charge in [-0.05, 0) is 36.4 Å². The van der Waals surface area contributed by atoms with Crippen LogP contribution in [0.3, 0.4) is 0 Å². The maximum atomic E-state index is 5.88. The summed E-state index contributed by atoms with van der Waals surface area (Å²) in [6, 6.07) is 13.0. The Balaban J connectivity index is 1.51. The molecule has 0 fully saturated rings. The Morgan fingerprint density at radius 3 is 2.73 bits per heavy atom. The third kappa shape index (κ3) is 3.47. The summed E-state index contributed by atoms with van der Waals surface area (Å²) in [5.74, 6) is 0.757. The van der Waals surface area contributed by atoms with Crippen molar-refractivity contribution in [3.63, 3.8) is 0 Å². The molecule has 0 saturated heterocycles. The number of nitrogen functional groups attached to an aromatic ring is 1. The van der Waals surface area contributed by atoms with Crippen molar-refractivity contribution in [2.75, 3.05) is 11.1 Å². The third-order valence-electron chi connectivity index (χ3n) is 3.41. The predicted molar refractivity (Wildman–Crippen MR) is 96.3 cm³/mol. The van der Waals surface area contributed by atoms with Gasteiger partial charge in [0.25, 0.3) is 0 Å². The van der Waals surface area contributed by atoms with E-state index in [0.717, 1.165) is 5.69 Å². The standard InChI is InChI=1S/C16H13ClN8O/c17-10-4-6-11(7-5-10)19-15-21-12(20-14(18)22-15)9-26-16-24-23-13-3-1-2-8-25(13)16/h1-8H,9H2,(H3,18,19,20,21,22). The van der Waals surface area contributed by atoms with Crippen LogP contribution in [0.15, 0.2) is 48.7 Å². The lowest BCUT2D eigenvalue weighted by Gasteiger charge is -2.08. The summed E-state index contributed by atoms with van der Waals surface area (Å²) >= 11 is 5.88. The fraction of sp³-hybridized carbons (Fsp3) is 0.0625. The summed E-state index contributed by atoms with van der Waals surface area (Å²) in [5, 5.41) is 11.7. The minimum absolute atomic E-state index is 0.0672. The average molecular weight is 369 g/mol. The molecule has 10 heteroatoms. The number of hydrogen-bond acceptors (Lipinski definition) is 8. The Hall–Kier alpha value is -3.46. The number of nitrogens with zero attached hydrogens (tertiary/aromatic N) is 6. The van der Waals surface area contributed by atoms with E-state index in [-0.39, 0.29) is 12.6 Å². The van der Waals surface area contributed by atoms with Crippen molar-refractivity contribution < 1.29 is 4.74 Å². The lowest BCUT2D eigenvalue weighted by Crippen LogP contribution is -2.10. The minimum atomic E-state index is 0.0672. The number of halogens is 1. The number of aromatic nitrogens is 6. The Morgan fingerprint density at radius 1 is 1.04 bits per heavy atom. The summed E-state index contributed by atoms with van der Waals surface area (Å²) in [6.45, 7) is 0.0672. The number of nitrogens with one attached hydrogen (secondary N) is 1. The van der Waals surface area contributed by atoms with Gasteiger partial charge >= 0.3 is 6.01 Å². The normalized spacial score (nSPS) is 10.8. The first-order chi connectivity index (χ1) is 12.7. The number of pyridine rings is 1. The Bertz CT molecular complexity index is 1050. The summed E-state index contributed by atoms with van der Waals surface area (Å²) in [6.07, 6.45) is 1.81. The predicted octanol–water partition coefficient (Wildman–Crippen LogP) is 2.47. The highest BCUT2D eigenvalue weighted by molar-refractivity contribution is 6.30. The number of rotatable bonds is 5. The highest BCUT2D eigenvalue weighted by atomic mass is 35.5. The zero-order valence-electron chi connectivity index (χ0n) is 13.4. The van der Waals surface area contributed by atoms with Gasteiger partial charge in [-0.3, -0.25) is 4.40 Å². The van der Waals surface area contributed by atoms with Crippen LogP contribution in [0.25, 0.3) is 5.65 Å². The van der Waals surface area contributed by atoms with Gasteiger partial charge in [-0.15, -0.1) is 5.10 Å². The minimum Gasteiger partial charge on any atom is -0.455 e. The van der Waals surface area contributed by atoms with Gasteiger partial charge in [0, 0.05) is 16.9 Å². The Kier molecular flexibility index (Phi) is 4.20. The highest BCUT2D eigenvalue weighted by Gasteiger charge is 2.09. The van der Waals surface area contributed by atoms with Crippen molar-refractivity contribution in [2.24, 2.45) is 0 Å². The van der Waals surface area contributed by atoms with Crippen molar-refractivity contribution in [3.8, 4) is 6.01 Å². The monoisotopic (exact) mass is 368 g/mol. The van der Waals surface area contributed by atoms with E-state index in [9.17, 15) is 0 Å². The van der Waals surface area contributed by atoms with E-state index in [4.69, 9.17) is 22.1 Å². The van der Waals surface area contributed by atoms with Crippen LogP contribution in [-0.2, 0) is 6.61 Å². The second-order valence-corrected chi connectivity index (χ2v) is 5.70. The lowest BCUT2D eigenvalue weighted by molar-refractivity contribution is 0.268. The van der Waals surface area contributed by atoms with Crippen molar-refractivity contribution in [2.45, 2.75) is 6.61 Å². The molecule has 0 amide bonds. The van der Waals surface area contributed by atoms with Gasteiger partial charge in [-0.25, -0.2) is 0 Å². The van der Waals surface area contributed by atoms with E-state index in [1.807, 2.05) is 18.2 Å². The molecule has 0 aliphatic heterocycles. The van der Waals surface area contributed by atoms with E-state index < -0.39 is 0 Å². The van der Waals surface area contributed by atoms with Gasteiger partial charge in [-0.1, -0.05) is 22.8 Å². The van der Waals surface area contributed by atoms with Crippen LogP contribution in [0.4, 0.5) is 17.6 Å². The van der Waals surface area contributed by atoms with Crippen molar-refractivity contribution in [1.29, 1.82) is 0 Å². The van der Waals surface area contributed by atoms with Crippen LogP contribution >= 0.6 is 11.6 Å². The van der Waals surface area contributed by atoms with Crippen LogP contribution in [0.5, 0.6) is 6.01 Å². The largest absolute Gasteiger partial charge is 0.455 e. The maximum absolute atomic E-state index is 5.88. The molecule has 0 aliphatic rings. The van der Waals surface area contributed by atoms with Crippen molar-refractivity contribution in [3.05, 3.63) is 59.5 Å². The molecule has 0 spiro atoms. The first kappa shape index (κ1) is 16.0. The third-order valence-corrected chi connectivity index (χ3v) is 3.66. The summed E-state index contributed by atoms with van der Waals surface area (Å²) in [5.41, 5.74) is 7.22. The molecule has 0 aliphatic carbocycles. The topological polar surface area (TPSA) is 116 Å². The molecule has 4 aromatic rings. The molecule has 0 unspecified atom stereocenters. The summed E-state index contributed by atoms with van der Waals surface area (Å²) in [4.78, 5) is 12.5. The van der Waals surface area contributed by atoms with Gasteiger partial charge in [0.2, 0.25) is 11.9 Å². The van der Waals surface area contributed by atoms with Crippen LogP contribution < -0.4 is 15.8 Å². The molecule has 0 bridgehead atoms. The number of benzene rings is 1. The van der Waals surface area contributed by atoms with Crippen LogP contribution in [0.1, 0.15) is 5.82 Å². The summed E-state index contributed by atoms with van der Waals surface area (Å²) < 4.78 is 7.38. The molecule has 3 heterocycles. The average Bonchev–Trinajstić information content (AvgIpc) is 3.05.